The standard InChI is InChI=1S/C16H14BrClFNO/c1-10(11-3-5-12(18)6-4-11)20(2)16(21)14-8-7-13(19)9-15(14)17/h3-10H,1-2H3/t10-/m1/s1. The number of halogens is 3. The molecule has 0 heterocycles. The van der Waals surface area contributed by atoms with Crippen molar-refractivity contribution >= 4 is 33.4 Å². The van der Waals surface area contributed by atoms with E-state index in [1.54, 1.807) is 24.1 Å². The van der Waals surface area contributed by atoms with Crippen molar-refractivity contribution in [2.24, 2.45) is 0 Å². The van der Waals surface area contributed by atoms with Gasteiger partial charge in [-0.15, -0.1) is 0 Å². The summed E-state index contributed by atoms with van der Waals surface area (Å²) in [7, 11) is 1.72. The predicted molar refractivity (Wildman–Crippen MR) is 86.1 cm³/mol. The molecule has 1 atom stereocenters. The molecule has 0 unspecified atom stereocenters. The summed E-state index contributed by atoms with van der Waals surface area (Å²) in [5.41, 5.74) is 1.41. The van der Waals surface area contributed by atoms with Gasteiger partial charge in [0.25, 0.3) is 5.91 Å². The first-order valence-electron chi connectivity index (χ1n) is 6.38. The Kier molecular flexibility index (Phi) is 5.01. The average molecular weight is 371 g/mol. The molecule has 2 nitrogen and oxygen atoms in total. The Morgan fingerprint density at radius 2 is 1.86 bits per heavy atom. The molecule has 0 aliphatic heterocycles. The molecule has 0 saturated heterocycles. The van der Waals surface area contributed by atoms with E-state index in [0.717, 1.165) is 5.56 Å². The Labute approximate surface area is 136 Å². The van der Waals surface area contributed by atoms with Gasteiger partial charge < -0.3 is 4.90 Å². The molecule has 0 bridgehead atoms. The van der Waals surface area contributed by atoms with Crippen LogP contribution in [0.1, 0.15) is 28.9 Å². The monoisotopic (exact) mass is 369 g/mol. The quantitative estimate of drug-likeness (QED) is 0.738. The number of nitrogens with zero attached hydrogens (tertiary/aromatic N) is 1. The van der Waals surface area contributed by atoms with Gasteiger partial charge in [0.2, 0.25) is 0 Å². The van der Waals surface area contributed by atoms with Crippen LogP contribution in [0.3, 0.4) is 0 Å². The molecule has 0 radical (unpaired) electrons. The van der Waals surface area contributed by atoms with Gasteiger partial charge in [-0.2, -0.15) is 0 Å². The molecule has 2 rings (SSSR count). The zero-order chi connectivity index (χ0) is 15.6. The van der Waals surface area contributed by atoms with Crippen molar-refractivity contribution in [2.45, 2.75) is 13.0 Å². The minimum Gasteiger partial charge on any atom is -0.335 e. The number of amides is 1. The summed E-state index contributed by atoms with van der Waals surface area (Å²) in [5.74, 6) is -0.559. The van der Waals surface area contributed by atoms with Crippen LogP contribution in [0.25, 0.3) is 0 Å². The van der Waals surface area contributed by atoms with E-state index in [1.807, 2.05) is 19.1 Å². The highest BCUT2D eigenvalue weighted by atomic mass is 79.9. The molecule has 2 aromatic carbocycles. The van der Waals surface area contributed by atoms with Crippen molar-refractivity contribution in [1.29, 1.82) is 0 Å². The van der Waals surface area contributed by atoms with E-state index in [4.69, 9.17) is 11.6 Å². The van der Waals surface area contributed by atoms with Gasteiger partial charge in [0.15, 0.2) is 0 Å². The Balaban J connectivity index is 2.24. The van der Waals surface area contributed by atoms with Crippen LogP contribution >= 0.6 is 27.5 Å². The van der Waals surface area contributed by atoms with Gasteiger partial charge in [0.1, 0.15) is 5.82 Å². The second-order valence-electron chi connectivity index (χ2n) is 4.77. The van der Waals surface area contributed by atoms with Crippen molar-refractivity contribution in [3.8, 4) is 0 Å². The van der Waals surface area contributed by atoms with Crippen molar-refractivity contribution in [3.63, 3.8) is 0 Å². The fourth-order valence-corrected chi connectivity index (χ4v) is 2.64. The molecule has 0 fully saturated rings. The zero-order valence-corrected chi connectivity index (χ0v) is 14.0. The summed E-state index contributed by atoms with van der Waals surface area (Å²) in [5, 5.41) is 0.654. The summed E-state index contributed by atoms with van der Waals surface area (Å²) in [6.07, 6.45) is 0. The van der Waals surface area contributed by atoms with Gasteiger partial charge in [-0.1, -0.05) is 23.7 Å². The smallest absolute Gasteiger partial charge is 0.255 e. The molecule has 0 aliphatic rings. The zero-order valence-electron chi connectivity index (χ0n) is 11.6. The molecule has 5 heteroatoms. The third kappa shape index (κ3) is 3.63. The van der Waals surface area contributed by atoms with E-state index < -0.39 is 0 Å². The van der Waals surface area contributed by atoms with Crippen LogP contribution in [0.2, 0.25) is 5.02 Å². The molecule has 110 valence electrons. The molecule has 0 N–H and O–H groups in total. The second-order valence-corrected chi connectivity index (χ2v) is 6.06. The van der Waals surface area contributed by atoms with Crippen LogP contribution in [-0.2, 0) is 0 Å². The highest BCUT2D eigenvalue weighted by Gasteiger charge is 2.20. The molecule has 0 aromatic heterocycles. The Bertz CT molecular complexity index is 660. The molecule has 0 spiro atoms. The second kappa shape index (κ2) is 6.58. The van der Waals surface area contributed by atoms with Gasteiger partial charge in [0.05, 0.1) is 11.6 Å². The molecule has 2 aromatic rings. The summed E-state index contributed by atoms with van der Waals surface area (Å²) in [6, 6.07) is 11.3. The van der Waals surface area contributed by atoms with Crippen molar-refractivity contribution in [1.82, 2.24) is 4.90 Å². The third-order valence-electron chi connectivity index (χ3n) is 3.42. The van der Waals surface area contributed by atoms with Gasteiger partial charge >= 0.3 is 0 Å². The first-order valence-corrected chi connectivity index (χ1v) is 7.55. The number of benzene rings is 2. The van der Waals surface area contributed by atoms with Gasteiger partial charge in [-0.25, -0.2) is 4.39 Å². The normalized spacial score (nSPS) is 12.0. The van der Waals surface area contributed by atoms with E-state index in [0.29, 0.717) is 15.1 Å². The Hall–Kier alpha value is -1.39. The number of carbonyl (C=O) groups is 1. The summed E-state index contributed by atoms with van der Waals surface area (Å²) in [4.78, 5) is 14.1. The van der Waals surface area contributed by atoms with Crippen molar-refractivity contribution in [2.75, 3.05) is 7.05 Å². The lowest BCUT2D eigenvalue weighted by atomic mass is 10.1. The molecular weight excluding hydrogens is 357 g/mol. The van der Waals surface area contributed by atoms with Crippen LogP contribution in [0.5, 0.6) is 0 Å². The SMILES string of the molecule is C[C@H](c1ccc(Cl)cc1)N(C)C(=O)c1ccc(F)cc1Br. The Morgan fingerprint density at radius 3 is 2.43 bits per heavy atom. The topological polar surface area (TPSA) is 20.3 Å². The minimum atomic E-state index is -0.383. The molecule has 0 aliphatic carbocycles. The van der Waals surface area contributed by atoms with Crippen molar-refractivity contribution < 1.29 is 9.18 Å². The van der Waals surface area contributed by atoms with Gasteiger partial charge in [-0.05, 0) is 58.7 Å². The molecule has 1 amide bonds. The summed E-state index contributed by atoms with van der Waals surface area (Å²) >= 11 is 9.09. The van der Waals surface area contributed by atoms with Gasteiger partial charge in [-0.3, -0.25) is 4.79 Å². The van der Waals surface area contributed by atoms with Gasteiger partial charge in [0, 0.05) is 16.5 Å². The molecular formula is C16H14BrClFNO. The maximum atomic E-state index is 13.1. The van der Waals surface area contributed by atoms with E-state index in [1.165, 1.54) is 18.2 Å². The number of hydrogen-bond donors (Lipinski definition) is 0. The third-order valence-corrected chi connectivity index (χ3v) is 4.32. The summed E-state index contributed by atoms with van der Waals surface area (Å²) < 4.78 is 13.6. The first-order chi connectivity index (χ1) is 9.90. The van der Waals surface area contributed by atoms with E-state index in [-0.39, 0.29) is 17.8 Å². The molecule has 21 heavy (non-hydrogen) atoms. The van der Waals surface area contributed by atoms with Crippen LogP contribution < -0.4 is 0 Å². The highest BCUT2D eigenvalue weighted by Crippen LogP contribution is 2.25. The maximum Gasteiger partial charge on any atom is 0.255 e. The van der Waals surface area contributed by atoms with Crippen LogP contribution in [0.15, 0.2) is 46.9 Å². The van der Waals surface area contributed by atoms with Crippen LogP contribution in [0.4, 0.5) is 4.39 Å². The fourth-order valence-electron chi connectivity index (χ4n) is 1.99. The van der Waals surface area contributed by atoms with Crippen molar-refractivity contribution in [3.05, 3.63) is 68.9 Å². The largest absolute Gasteiger partial charge is 0.335 e. The van der Waals surface area contributed by atoms with Crippen LogP contribution in [-0.4, -0.2) is 17.9 Å². The Morgan fingerprint density at radius 1 is 1.24 bits per heavy atom. The van der Waals surface area contributed by atoms with E-state index in [9.17, 15) is 9.18 Å². The average Bonchev–Trinajstić information content (AvgIpc) is 2.46. The first kappa shape index (κ1) is 16.0. The predicted octanol–water partition coefficient (Wildman–Crippen LogP) is 5.07. The number of rotatable bonds is 3. The lowest BCUT2D eigenvalue weighted by molar-refractivity contribution is 0.0741. The van der Waals surface area contributed by atoms with Crippen LogP contribution in [0, 0.1) is 5.82 Å². The fraction of sp³-hybridized carbons (Fsp3) is 0.188. The number of hydrogen-bond acceptors (Lipinski definition) is 1. The lowest BCUT2D eigenvalue weighted by Gasteiger charge is -2.26. The van der Waals surface area contributed by atoms with E-state index in [2.05, 4.69) is 15.9 Å². The number of carbonyl (C=O) groups excluding carboxylic acids is 1. The lowest BCUT2D eigenvalue weighted by Crippen LogP contribution is -2.29. The highest BCUT2D eigenvalue weighted by molar-refractivity contribution is 9.10. The minimum absolute atomic E-state index is 0.119. The summed E-state index contributed by atoms with van der Waals surface area (Å²) in [6.45, 7) is 1.93. The maximum absolute atomic E-state index is 13.1. The molecule has 0 saturated carbocycles. The van der Waals surface area contributed by atoms with E-state index >= 15 is 0 Å².